The van der Waals surface area contributed by atoms with Crippen LogP contribution in [0.1, 0.15) is 33.6 Å². The minimum absolute atomic E-state index is 0.0966. The lowest BCUT2D eigenvalue weighted by molar-refractivity contribution is -0.127. The van der Waals surface area contributed by atoms with E-state index in [-0.39, 0.29) is 16.1 Å². The fourth-order valence-electron chi connectivity index (χ4n) is 4.15. The minimum atomic E-state index is -0.133. The van der Waals surface area contributed by atoms with Crippen LogP contribution in [0.4, 0.5) is 0 Å². The molecule has 21 heavy (non-hydrogen) atoms. The number of benzene rings is 1. The van der Waals surface area contributed by atoms with Crippen molar-refractivity contribution in [3.05, 3.63) is 24.3 Å². The van der Waals surface area contributed by atoms with Crippen molar-refractivity contribution in [2.75, 3.05) is 0 Å². The van der Waals surface area contributed by atoms with Crippen LogP contribution in [0.2, 0.25) is 0 Å². The van der Waals surface area contributed by atoms with E-state index in [2.05, 4.69) is 26.8 Å². The number of carbonyl (C=O) groups excluding carboxylic acids is 1. The van der Waals surface area contributed by atoms with E-state index in [1.165, 1.54) is 11.1 Å². The highest BCUT2D eigenvalue weighted by Crippen LogP contribution is 2.66. The first kappa shape index (κ1) is 13.8. The number of Topliss-reactive ketones (excluding diaryl/α,β-unsaturated/α-hetero) is 1. The largest absolute Gasteiger partial charge is 0.298 e. The van der Waals surface area contributed by atoms with Gasteiger partial charge in [0, 0.05) is 5.41 Å². The molecule has 0 unspecified atom stereocenters. The third-order valence-electron chi connectivity index (χ3n) is 5.97. The van der Waals surface area contributed by atoms with Gasteiger partial charge in [-0.25, -0.2) is 4.98 Å². The van der Waals surface area contributed by atoms with E-state index in [1.54, 1.807) is 23.1 Å². The predicted octanol–water partition coefficient (Wildman–Crippen LogP) is 4.78. The summed E-state index contributed by atoms with van der Waals surface area (Å²) in [5.74, 6) is 0.944. The van der Waals surface area contributed by atoms with Crippen molar-refractivity contribution >= 4 is 39.1 Å². The zero-order valence-electron chi connectivity index (χ0n) is 12.6. The molecule has 2 aliphatic carbocycles. The van der Waals surface area contributed by atoms with Crippen LogP contribution in [0, 0.1) is 16.7 Å². The summed E-state index contributed by atoms with van der Waals surface area (Å²) < 4.78 is 2.25. The fourth-order valence-corrected chi connectivity index (χ4v) is 7.00. The van der Waals surface area contributed by atoms with Crippen molar-refractivity contribution in [2.24, 2.45) is 16.7 Å². The summed E-state index contributed by atoms with van der Waals surface area (Å²) >= 11 is 3.42. The average molecular weight is 317 g/mol. The van der Waals surface area contributed by atoms with E-state index in [0.717, 1.165) is 16.3 Å². The Morgan fingerprint density at radius 1 is 1.29 bits per heavy atom. The summed E-state index contributed by atoms with van der Waals surface area (Å²) in [6.07, 6.45) is 2.23. The molecule has 2 aromatic rings. The number of fused-ring (bicyclic) bond motifs is 3. The number of para-hydroxylation sites is 1. The molecule has 1 aromatic heterocycles. The molecule has 0 spiro atoms. The second kappa shape index (κ2) is 4.32. The predicted molar refractivity (Wildman–Crippen MR) is 88.9 cm³/mol. The van der Waals surface area contributed by atoms with Gasteiger partial charge in [-0.2, -0.15) is 0 Å². The molecule has 2 bridgehead atoms. The lowest BCUT2D eigenvalue weighted by atomic mass is 9.70. The molecule has 2 aliphatic rings. The lowest BCUT2D eigenvalue weighted by Gasteiger charge is -2.32. The molecule has 1 heterocycles. The summed E-state index contributed by atoms with van der Waals surface area (Å²) in [6.45, 7) is 6.73. The first-order valence-electron chi connectivity index (χ1n) is 7.50. The third-order valence-corrected chi connectivity index (χ3v) is 8.43. The van der Waals surface area contributed by atoms with Crippen molar-refractivity contribution in [2.45, 2.75) is 43.2 Å². The van der Waals surface area contributed by atoms with Crippen molar-refractivity contribution in [3.63, 3.8) is 0 Å². The highest BCUT2D eigenvalue weighted by atomic mass is 32.2. The lowest BCUT2D eigenvalue weighted by Crippen LogP contribution is -2.34. The molecule has 4 heteroatoms. The Balaban J connectivity index is 1.68. The standard InChI is InChI=1S/C17H19NOS2/c1-16(2)10-8-9-17(16,3)14(19)13(10)21-15-18-11-6-4-5-7-12(11)20-15/h4-7,10,13H,8-9H2,1-3H3/t10-,13-,17-/m1/s1. The van der Waals surface area contributed by atoms with Gasteiger partial charge in [0.2, 0.25) is 0 Å². The molecule has 0 saturated heterocycles. The summed E-state index contributed by atoms with van der Waals surface area (Å²) in [5, 5.41) is 0.0966. The number of aromatic nitrogens is 1. The van der Waals surface area contributed by atoms with Crippen molar-refractivity contribution in [1.29, 1.82) is 0 Å². The van der Waals surface area contributed by atoms with E-state index in [9.17, 15) is 4.79 Å². The summed E-state index contributed by atoms with van der Waals surface area (Å²) in [4.78, 5) is 17.6. The topological polar surface area (TPSA) is 30.0 Å². The molecule has 2 nitrogen and oxygen atoms in total. The first-order valence-corrected chi connectivity index (χ1v) is 9.20. The summed E-state index contributed by atoms with van der Waals surface area (Å²) in [6, 6.07) is 8.21. The molecule has 0 aliphatic heterocycles. The fraction of sp³-hybridized carbons (Fsp3) is 0.529. The highest BCUT2D eigenvalue weighted by Gasteiger charge is 2.66. The van der Waals surface area contributed by atoms with Crippen molar-refractivity contribution < 1.29 is 4.79 Å². The van der Waals surface area contributed by atoms with Gasteiger partial charge in [0.15, 0.2) is 10.1 Å². The minimum Gasteiger partial charge on any atom is -0.298 e. The Bertz CT molecular complexity index is 702. The number of nitrogens with zero attached hydrogens (tertiary/aromatic N) is 1. The Morgan fingerprint density at radius 3 is 2.71 bits per heavy atom. The van der Waals surface area contributed by atoms with Crippen LogP contribution in [-0.2, 0) is 4.79 Å². The SMILES string of the molecule is CC1(C)[C@@H]2CC[C@]1(C)C(=O)[C@@H]2Sc1nc2ccccc2s1. The van der Waals surface area contributed by atoms with Crippen LogP contribution in [0.3, 0.4) is 0 Å². The Kier molecular flexibility index (Phi) is 2.84. The van der Waals surface area contributed by atoms with Gasteiger partial charge in [-0.3, -0.25) is 4.79 Å². The Hall–Kier alpha value is -0.870. The van der Waals surface area contributed by atoms with Crippen LogP contribution < -0.4 is 0 Å². The van der Waals surface area contributed by atoms with E-state index in [0.29, 0.717) is 11.7 Å². The third kappa shape index (κ3) is 1.72. The molecular formula is C17H19NOS2. The summed E-state index contributed by atoms with van der Waals surface area (Å²) in [7, 11) is 0. The highest BCUT2D eigenvalue weighted by molar-refractivity contribution is 8.02. The van der Waals surface area contributed by atoms with Crippen LogP contribution in [0.5, 0.6) is 0 Å². The smallest absolute Gasteiger partial charge is 0.152 e. The van der Waals surface area contributed by atoms with Gasteiger partial charge in [0.05, 0.1) is 15.5 Å². The van der Waals surface area contributed by atoms with Crippen molar-refractivity contribution in [3.8, 4) is 0 Å². The van der Waals surface area contributed by atoms with Crippen LogP contribution in [0.25, 0.3) is 10.2 Å². The van der Waals surface area contributed by atoms with Crippen LogP contribution in [0.15, 0.2) is 28.6 Å². The molecule has 4 rings (SSSR count). The van der Waals surface area contributed by atoms with Gasteiger partial charge in [0.1, 0.15) is 0 Å². The summed E-state index contributed by atoms with van der Waals surface area (Å²) in [5.41, 5.74) is 1.04. The molecule has 0 amide bonds. The maximum atomic E-state index is 12.9. The molecule has 2 saturated carbocycles. The van der Waals surface area contributed by atoms with Gasteiger partial charge in [-0.05, 0) is 36.3 Å². The number of thioether (sulfide) groups is 1. The van der Waals surface area contributed by atoms with Gasteiger partial charge >= 0.3 is 0 Å². The van der Waals surface area contributed by atoms with Gasteiger partial charge in [-0.15, -0.1) is 11.3 Å². The first-order chi connectivity index (χ1) is 9.93. The van der Waals surface area contributed by atoms with E-state index in [1.807, 2.05) is 18.2 Å². The van der Waals surface area contributed by atoms with Gasteiger partial charge in [0.25, 0.3) is 0 Å². The Morgan fingerprint density at radius 2 is 2.05 bits per heavy atom. The maximum Gasteiger partial charge on any atom is 0.152 e. The normalized spacial score (nSPS) is 34.0. The second-order valence-electron chi connectivity index (χ2n) is 7.05. The molecule has 3 atom stereocenters. The zero-order chi connectivity index (χ0) is 14.8. The zero-order valence-corrected chi connectivity index (χ0v) is 14.2. The number of rotatable bonds is 2. The van der Waals surface area contributed by atoms with Crippen LogP contribution in [-0.4, -0.2) is 16.0 Å². The molecule has 110 valence electrons. The van der Waals surface area contributed by atoms with E-state index < -0.39 is 0 Å². The van der Waals surface area contributed by atoms with Crippen LogP contribution >= 0.6 is 23.1 Å². The molecule has 1 aromatic carbocycles. The maximum absolute atomic E-state index is 12.9. The number of carbonyl (C=O) groups is 1. The van der Waals surface area contributed by atoms with Gasteiger partial charge < -0.3 is 0 Å². The van der Waals surface area contributed by atoms with E-state index >= 15 is 0 Å². The average Bonchev–Trinajstić information content (AvgIpc) is 2.99. The number of ketones is 1. The molecule has 2 fully saturated rings. The second-order valence-corrected chi connectivity index (χ2v) is 9.47. The Labute approximate surface area is 133 Å². The number of hydrogen-bond donors (Lipinski definition) is 0. The monoisotopic (exact) mass is 317 g/mol. The molecular weight excluding hydrogens is 298 g/mol. The molecule has 0 N–H and O–H groups in total. The van der Waals surface area contributed by atoms with Crippen molar-refractivity contribution in [1.82, 2.24) is 4.98 Å². The number of hydrogen-bond acceptors (Lipinski definition) is 4. The molecule has 0 radical (unpaired) electrons. The van der Waals surface area contributed by atoms with E-state index in [4.69, 9.17) is 4.98 Å². The number of thiazole rings is 1. The quantitative estimate of drug-likeness (QED) is 0.798. The van der Waals surface area contributed by atoms with Gasteiger partial charge in [-0.1, -0.05) is 44.7 Å².